The Balaban J connectivity index is 1.96. The van der Waals surface area contributed by atoms with Gasteiger partial charge in [0.1, 0.15) is 17.0 Å². The highest BCUT2D eigenvalue weighted by Gasteiger charge is 2.16. The van der Waals surface area contributed by atoms with Crippen LogP contribution >= 0.6 is 11.3 Å². The van der Waals surface area contributed by atoms with Gasteiger partial charge in [-0.25, -0.2) is 0 Å². The smallest absolute Gasteiger partial charge is 0.266 e. The number of nitrogens with zero attached hydrogens (tertiary/aromatic N) is 2. The Bertz CT molecular complexity index is 545. The minimum absolute atomic E-state index is 0.278. The number of benzene rings is 1. The number of amides is 1. The maximum absolute atomic E-state index is 11.8. The van der Waals surface area contributed by atoms with Crippen LogP contribution in [-0.2, 0) is 4.79 Å². The number of carbonyl (C=O) groups is 1. The van der Waals surface area contributed by atoms with E-state index in [0.717, 1.165) is 0 Å². The molecule has 1 atom stereocenters. The molecular weight excluding hydrogens is 266 g/mol. The quantitative estimate of drug-likeness (QED) is 0.905. The lowest BCUT2D eigenvalue weighted by Gasteiger charge is -2.14. The van der Waals surface area contributed by atoms with Crippen molar-refractivity contribution in [3.05, 3.63) is 29.8 Å². The van der Waals surface area contributed by atoms with Gasteiger partial charge in [-0.05, 0) is 19.1 Å². The molecule has 1 aromatic heterocycles. The Labute approximate surface area is 114 Å². The second kappa shape index (κ2) is 6.14. The number of anilines is 1. The molecule has 19 heavy (non-hydrogen) atoms. The van der Waals surface area contributed by atoms with Gasteiger partial charge in [0, 0.05) is 6.07 Å². The highest BCUT2D eigenvalue weighted by molar-refractivity contribution is 7.13. The van der Waals surface area contributed by atoms with E-state index in [1.54, 1.807) is 43.8 Å². The molecule has 0 bridgehead atoms. The van der Waals surface area contributed by atoms with Crippen LogP contribution in [0, 0.1) is 0 Å². The van der Waals surface area contributed by atoms with Gasteiger partial charge in [-0.15, -0.1) is 10.2 Å². The van der Waals surface area contributed by atoms with Crippen molar-refractivity contribution in [3.63, 3.8) is 0 Å². The Morgan fingerprint density at radius 3 is 2.89 bits per heavy atom. The summed E-state index contributed by atoms with van der Waals surface area (Å²) in [7, 11) is 1.57. The predicted octanol–water partition coefficient (Wildman–Crippen LogP) is 1.95. The predicted molar refractivity (Wildman–Crippen MR) is 71.6 cm³/mol. The minimum atomic E-state index is -0.643. The van der Waals surface area contributed by atoms with Gasteiger partial charge in [0.15, 0.2) is 6.10 Å². The van der Waals surface area contributed by atoms with E-state index in [1.165, 1.54) is 11.3 Å². The van der Waals surface area contributed by atoms with E-state index in [2.05, 4.69) is 15.5 Å². The average molecular weight is 279 g/mol. The number of hydrogen-bond acceptors (Lipinski definition) is 6. The topological polar surface area (TPSA) is 73.3 Å². The zero-order valence-corrected chi connectivity index (χ0v) is 11.3. The highest BCUT2D eigenvalue weighted by Crippen LogP contribution is 2.20. The third-order valence-corrected chi connectivity index (χ3v) is 2.92. The van der Waals surface area contributed by atoms with E-state index in [4.69, 9.17) is 9.47 Å². The number of nitrogens with one attached hydrogen (secondary N) is 1. The third-order valence-electron chi connectivity index (χ3n) is 2.31. The molecule has 1 amide bonds. The molecule has 0 spiro atoms. The first-order chi connectivity index (χ1) is 9.19. The van der Waals surface area contributed by atoms with Crippen molar-refractivity contribution in [1.82, 2.24) is 10.2 Å². The van der Waals surface area contributed by atoms with Gasteiger partial charge in [0.25, 0.3) is 5.91 Å². The second-order valence-corrected chi connectivity index (χ2v) is 4.51. The Morgan fingerprint density at radius 1 is 1.42 bits per heavy atom. The number of carbonyl (C=O) groups excluding carboxylic acids is 1. The van der Waals surface area contributed by atoms with Crippen molar-refractivity contribution in [2.75, 3.05) is 12.4 Å². The molecule has 6 nitrogen and oxygen atoms in total. The Hall–Kier alpha value is -2.15. The summed E-state index contributed by atoms with van der Waals surface area (Å²) < 4.78 is 10.6. The van der Waals surface area contributed by atoms with Gasteiger partial charge in [-0.2, -0.15) is 0 Å². The van der Waals surface area contributed by atoms with Crippen LogP contribution in [0.1, 0.15) is 6.92 Å². The largest absolute Gasteiger partial charge is 0.497 e. The lowest BCUT2D eigenvalue weighted by atomic mass is 10.3. The van der Waals surface area contributed by atoms with Crippen molar-refractivity contribution in [2.45, 2.75) is 13.0 Å². The average Bonchev–Trinajstić information content (AvgIpc) is 2.91. The van der Waals surface area contributed by atoms with Gasteiger partial charge >= 0.3 is 0 Å². The molecule has 1 N–H and O–H groups in total. The maximum atomic E-state index is 11.8. The van der Waals surface area contributed by atoms with Gasteiger partial charge in [-0.3, -0.25) is 10.1 Å². The van der Waals surface area contributed by atoms with E-state index in [9.17, 15) is 4.79 Å². The minimum Gasteiger partial charge on any atom is -0.497 e. The zero-order valence-electron chi connectivity index (χ0n) is 10.5. The molecule has 0 aliphatic rings. The van der Waals surface area contributed by atoms with E-state index in [1.807, 2.05) is 0 Å². The van der Waals surface area contributed by atoms with Crippen molar-refractivity contribution in [3.8, 4) is 11.5 Å². The molecule has 2 aromatic rings. The molecule has 0 fully saturated rings. The van der Waals surface area contributed by atoms with Crippen LogP contribution < -0.4 is 14.8 Å². The van der Waals surface area contributed by atoms with Crippen LogP contribution in [0.5, 0.6) is 11.5 Å². The highest BCUT2D eigenvalue weighted by atomic mass is 32.1. The van der Waals surface area contributed by atoms with Crippen molar-refractivity contribution >= 4 is 22.4 Å². The fourth-order valence-electron chi connectivity index (χ4n) is 1.37. The lowest BCUT2D eigenvalue weighted by Crippen LogP contribution is -2.30. The van der Waals surface area contributed by atoms with Gasteiger partial charge in [-0.1, -0.05) is 17.4 Å². The van der Waals surface area contributed by atoms with Crippen molar-refractivity contribution < 1.29 is 14.3 Å². The molecule has 1 heterocycles. The first-order valence-corrected chi connectivity index (χ1v) is 6.45. The molecule has 1 aromatic carbocycles. The number of hydrogen-bond donors (Lipinski definition) is 1. The molecular formula is C12H13N3O3S. The van der Waals surface area contributed by atoms with Crippen LogP contribution in [0.3, 0.4) is 0 Å². The lowest BCUT2D eigenvalue weighted by molar-refractivity contribution is -0.122. The summed E-state index contributed by atoms with van der Waals surface area (Å²) in [6.45, 7) is 1.66. The van der Waals surface area contributed by atoms with E-state index in [-0.39, 0.29) is 5.91 Å². The van der Waals surface area contributed by atoms with Crippen LogP contribution in [-0.4, -0.2) is 29.3 Å². The zero-order chi connectivity index (χ0) is 13.7. The molecule has 0 saturated carbocycles. The molecule has 0 saturated heterocycles. The fraction of sp³-hybridized carbons (Fsp3) is 0.250. The van der Waals surface area contributed by atoms with Crippen LogP contribution in [0.15, 0.2) is 29.8 Å². The number of aromatic nitrogens is 2. The van der Waals surface area contributed by atoms with E-state index in [0.29, 0.717) is 16.6 Å². The normalized spacial score (nSPS) is 11.7. The Morgan fingerprint density at radius 2 is 2.21 bits per heavy atom. The monoisotopic (exact) mass is 279 g/mol. The fourth-order valence-corrected chi connectivity index (χ4v) is 1.81. The second-order valence-electron chi connectivity index (χ2n) is 3.67. The standard InChI is InChI=1S/C12H13N3O3S/c1-8(11(16)14-12-15-13-7-19-12)18-10-5-3-4-9(6-10)17-2/h3-8H,1-2H3,(H,14,15,16)/t8-/m1/s1. The van der Waals surface area contributed by atoms with Crippen LogP contribution in [0.2, 0.25) is 0 Å². The van der Waals surface area contributed by atoms with Gasteiger partial charge in [0.2, 0.25) is 5.13 Å². The Kier molecular flexibility index (Phi) is 4.30. The van der Waals surface area contributed by atoms with E-state index < -0.39 is 6.10 Å². The molecule has 0 unspecified atom stereocenters. The van der Waals surface area contributed by atoms with E-state index >= 15 is 0 Å². The van der Waals surface area contributed by atoms with Gasteiger partial charge in [0.05, 0.1) is 7.11 Å². The first-order valence-electron chi connectivity index (χ1n) is 5.57. The summed E-state index contributed by atoms with van der Waals surface area (Å²) >= 11 is 1.25. The van der Waals surface area contributed by atoms with Crippen molar-refractivity contribution in [1.29, 1.82) is 0 Å². The number of methoxy groups -OCH3 is 1. The molecule has 7 heteroatoms. The summed E-state index contributed by atoms with van der Waals surface area (Å²) in [4.78, 5) is 11.8. The van der Waals surface area contributed by atoms with Crippen LogP contribution in [0.4, 0.5) is 5.13 Å². The summed E-state index contributed by atoms with van der Waals surface area (Å²) in [5, 5.41) is 10.4. The summed E-state index contributed by atoms with van der Waals surface area (Å²) in [5.74, 6) is 0.966. The summed E-state index contributed by atoms with van der Waals surface area (Å²) in [5.41, 5.74) is 1.54. The molecule has 2 rings (SSSR count). The number of rotatable bonds is 5. The molecule has 100 valence electrons. The molecule has 0 aliphatic carbocycles. The third kappa shape index (κ3) is 3.65. The van der Waals surface area contributed by atoms with Crippen LogP contribution in [0.25, 0.3) is 0 Å². The van der Waals surface area contributed by atoms with Crippen molar-refractivity contribution in [2.24, 2.45) is 0 Å². The maximum Gasteiger partial charge on any atom is 0.266 e. The SMILES string of the molecule is COc1cccc(O[C@H](C)C(=O)Nc2nncs2)c1. The van der Waals surface area contributed by atoms with Gasteiger partial charge < -0.3 is 9.47 Å². The summed E-state index contributed by atoms with van der Waals surface area (Å²) in [6.07, 6.45) is -0.643. The molecule has 0 radical (unpaired) electrons. The molecule has 0 aliphatic heterocycles. The summed E-state index contributed by atoms with van der Waals surface area (Å²) in [6, 6.07) is 7.08. The first kappa shape index (κ1) is 13.3. The number of ether oxygens (including phenoxy) is 2.